The fourth-order valence-corrected chi connectivity index (χ4v) is 6.25. The molecule has 3 aliphatic rings. The summed E-state index contributed by atoms with van der Waals surface area (Å²) in [6, 6.07) is 13.9. The number of furan rings is 1. The number of aromatic hydroxyl groups is 2. The summed E-state index contributed by atoms with van der Waals surface area (Å²) in [6.45, 7) is 5.70. The molecule has 6 rings (SSSR count). The van der Waals surface area contributed by atoms with E-state index in [-0.39, 0.29) is 41.2 Å². The largest absolute Gasteiger partial charge is 0.507 e. The zero-order valence-corrected chi connectivity index (χ0v) is 20.9. The highest BCUT2D eigenvalue weighted by atomic mass is 16.5. The summed E-state index contributed by atoms with van der Waals surface area (Å²) in [6.07, 6.45) is 2.87. The molecule has 2 fully saturated rings. The molecule has 37 heavy (non-hydrogen) atoms. The second-order valence-corrected chi connectivity index (χ2v) is 10.8. The van der Waals surface area contributed by atoms with Gasteiger partial charge in [-0.3, -0.25) is 4.90 Å². The fraction of sp³-hybridized carbons (Fsp3) is 0.414. The van der Waals surface area contributed by atoms with Gasteiger partial charge in [-0.15, -0.1) is 0 Å². The molecule has 3 aromatic rings. The molecule has 0 radical (unpaired) electrons. The number of carboxylic acids is 1. The van der Waals surface area contributed by atoms with Gasteiger partial charge in [-0.2, -0.15) is 0 Å². The van der Waals surface area contributed by atoms with Gasteiger partial charge < -0.3 is 29.2 Å². The number of carboxylic acid groups (broad SMARTS) is 1. The van der Waals surface area contributed by atoms with Crippen LogP contribution in [0.2, 0.25) is 0 Å². The molecule has 0 saturated carbocycles. The van der Waals surface area contributed by atoms with E-state index in [1.807, 2.05) is 24.3 Å². The summed E-state index contributed by atoms with van der Waals surface area (Å²) in [7, 11) is 0. The average molecular weight is 506 g/mol. The fourth-order valence-electron chi connectivity index (χ4n) is 6.25. The van der Waals surface area contributed by atoms with Crippen LogP contribution in [-0.4, -0.2) is 50.5 Å². The summed E-state index contributed by atoms with van der Waals surface area (Å²) in [5, 5.41) is 29.6. The van der Waals surface area contributed by atoms with Gasteiger partial charge in [-0.25, -0.2) is 4.79 Å². The van der Waals surface area contributed by atoms with E-state index in [1.54, 1.807) is 12.1 Å². The third kappa shape index (κ3) is 4.14. The maximum atomic E-state index is 11.2. The van der Waals surface area contributed by atoms with Crippen molar-refractivity contribution >= 4 is 5.97 Å². The van der Waals surface area contributed by atoms with Gasteiger partial charge in [0.25, 0.3) is 0 Å². The Hall–Kier alpha value is -3.49. The van der Waals surface area contributed by atoms with E-state index in [9.17, 15) is 15.0 Å². The lowest BCUT2D eigenvalue weighted by atomic mass is 9.72. The molecule has 3 aliphatic heterocycles. The molecule has 0 amide bonds. The lowest BCUT2D eigenvalue weighted by Gasteiger charge is -2.54. The summed E-state index contributed by atoms with van der Waals surface area (Å²) in [5.41, 5.74) is 0.912. The Kier molecular flexibility index (Phi) is 5.69. The Morgan fingerprint density at radius 2 is 1.95 bits per heavy atom. The highest BCUT2D eigenvalue weighted by molar-refractivity contribution is 5.91. The summed E-state index contributed by atoms with van der Waals surface area (Å²) in [4.78, 5) is 13.6. The summed E-state index contributed by atoms with van der Waals surface area (Å²) in [5.74, 6) is 0.732. The van der Waals surface area contributed by atoms with Crippen molar-refractivity contribution in [1.29, 1.82) is 0 Å². The number of fused-ring (bicyclic) bond motifs is 4. The molecular formula is C29H31NO7. The van der Waals surface area contributed by atoms with Crippen molar-refractivity contribution in [2.45, 2.75) is 63.5 Å². The first-order valence-corrected chi connectivity index (χ1v) is 12.8. The van der Waals surface area contributed by atoms with E-state index >= 15 is 0 Å². The van der Waals surface area contributed by atoms with E-state index in [0.29, 0.717) is 23.6 Å². The van der Waals surface area contributed by atoms with Crippen molar-refractivity contribution in [3.63, 3.8) is 0 Å². The van der Waals surface area contributed by atoms with Crippen LogP contribution in [0.5, 0.6) is 17.2 Å². The number of aromatic carboxylic acids is 1. The first kappa shape index (κ1) is 23.9. The third-order valence-electron chi connectivity index (χ3n) is 8.14. The minimum atomic E-state index is -1.17. The highest BCUT2D eigenvalue weighted by Crippen LogP contribution is 2.54. The van der Waals surface area contributed by atoms with Gasteiger partial charge in [0.05, 0.1) is 18.8 Å². The molecule has 0 aliphatic carbocycles. The van der Waals surface area contributed by atoms with Gasteiger partial charge in [0.15, 0.2) is 11.5 Å². The quantitative estimate of drug-likeness (QED) is 0.436. The van der Waals surface area contributed by atoms with E-state index in [1.165, 1.54) is 12.1 Å². The Bertz CT molecular complexity index is 1350. The van der Waals surface area contributed by atoms with Crippen LogP contribution in [0.15, 0.2) is 52.9 Å². The second kappa shape index (κ2) is 8.82. The van der Waals surface area contributed by atoms with Gasteiger partial charge in [0.1, 0.15) is 28.4 Å². The van der Waals surface area contributed by atoms with E-state index in [0.717, 1.165) is 37.1 Å². The molecule has 4 atom stereocenters. The van der Waals surface area contributed by atoms with Gasteiger partial charge in [-0.1, -0.05) is 18.2 Å². The molecule has 1 aromatic heterocycles. The molecule has 0 bridgehead atoms. The monoisotopic (exact) mass is 505 g/mol. The molecule has 3 N–H and O–H groups in total. The number of para-hydroxylation sites is 1. The van der Waals surface area contributed by atoms with Crippen molar-refractivity contribution in [3.05, 3.63) is 65.4 Å². The first-order chi connectivity index (χ1) is 17.7. The molecule has 8 heteroatoms. The van der Waals surface area contributed by atoms with Crippen molar-refractivity contribution < 1.29 is 34.0 Å². The number of nitrogens with zero attached hydrogens (tertiary/aromatic N) is 1. The average Bonchev–Trinajstić information content (AvgIpc) is 3.32. The molecule has 2 saturated heterocycles. The molecular weight excluding hydrogens is 474 g/mol. The zero-order valence-electron chi connectivity index (χ0n) is 20.9. The van der Waals surface area contributed by atoms with Crippen molar-refractivity contribution in [2.75, 3.05) is 6.54 Å². The number of phenolic OH excluding ortho intramolecular Hbond substituents is 1. The first-order valence-electron chi connectivity index (χ1n) is 12.8. The standard InChI is InChI=1S/C29H31NO7/c1-29(2)20-14-21-25(36-26(20)19-5-3-6-22(31)27(19)37-29)7-4-12-30(21)15-17-9-11-24(35-17)16-8-10-18(28(33)34)23(32)13-16/h3,5-6,8-11,13,20-21,25-26,31-32H,4,7,12,14-15H2,1-2H3,(H,33,34)/t20-,21-,25-,26+/m0/s1. The van der Waals surface area contributed by atoms with Gasteiger partial charge in [-0.05, 0) is 70.0 Å². The Morgan fingerprint density at radius 3 is 2.73 bits per heavy atom. The van der Waals surface area contributed by atoms with Gasteiger partial charge in [0.2, 0.25) is 0 Å². The van der Waals surface area contributed by atoms with E-state index < -0.39 is 11.6 Å². The lowest BCUT2D eigenvalue weighted by molar-refractivity contribution is -0.191. The number of benzene rings is 2. The van der Waals surface area contributed by atoms with Crippen LogP contribution in [0, 0.1) is 5.92 Å². The smallest absolute Gasteiger partial charge is 0.339 e. The Labute approximate surface area is 215 Å². The predicted octanol–water partition coefficient (Wildman–Crippen LogP) is 5.34. The minimum absolute atomic E-state index is 0.0778. The molecule has 194 valence electrons. The number of ether oxygens (including phenoxy) is 2. The second-order valence-electron chi connectivity index (χ2n) is 10.8. The zero-order chi connectivity index (χ0) is 25.9. The maximum Gasteiger partial charge on any atom is 0.339 e. The molecule has 4 heterocycles. The van der Waals surface area contributed by atoms with Crippen LogP contribution >= 0.6 is 0 Å². The Balaban J connectivity index is 1.22. The molecule has 8 nitrogen and oxygen atoms in total. The highest BCUT2D eigenvalue weighted by Gasteiger charge is 2.52. The van der Waals surface area contributed by atoms with Crippen LogP contribution in [-0.2, 0) is 11.3 Å². The topological polar surface area (TPSA) is 113 Å². The van der Waals surface area contributed by atoms with Crippen LogP contribution in [0.1, 0.15) is 60.9 Å². The van der Waals surface area contributed by atoms with Crippen LogP contribution in [0.25, 0.3) is 11.3 Å². The predicted molar refractivity (Wildman–Crippen MR) is 135 cm³/mol. The number of hydrogen-bond donors (Lipinski definition) is 3. The minimum Gasteiger partial charge on any atom is -0.507 e. The van der Waals surface area contributed by atoms with Crippen LogP contribution in [0.4, 0.5) is 0 Å². The van der Waals surface area contributed by atoms with Crippen molar-refractivity contribution in [1.82, 2.24) is 4.90 Å². The van der Waals surface area contributed by atoms with Crippen LogP contribution in [0.3, 0.4) is 0 Å². The number of likely N-dealkylation sites (tertiary alicyclic amines) is 1. The van der Waals surface area contributed by atoms with E-state index in [4.69, 9.17) is 19.0 Å². The number of phenols is 2. The number of carbonyl (C=O) groups is 1. The van der Waals surface area contributed by atoms with Crippen molar-refractivity contribution in [3.8, 4) is 28.6 Å². The summed E-state index contributed by atoms with van der Waals surface area (Å²) < 4.78 is 19.2. The van der Waals surface area contributed by atoms with Gasteiger partial charge in [0, 0.05) is 23.1 Å². The molecule has 2 aromatic carbocycles. The maximum absolute atomic E-state index is 11.2. The van der Waals surface area contributed by atoms with Gasteiger partial charge >= 0.3 is 5.97 Å². The number of piperidine rings is 1. The lowest BCUT2D eigenvalue weighted by Crippen LogP contribution is -2.58. The number of hydrogen-bond acceptors (Lipinski definition) is 7. The third-order valence-corrected chi connectivity index (χ3v) is 8.14. The SMILES string of the molecule is CC1(C)Oc2c(O)cccc2[C@H]2O[C@H]3CCCN(Cc4ccc(-c5ccc(C(=O)O)c(O)c5)o4)[C@H]3C[C@@H]21. The van der Waals surface area contributed by atoms with E-state index in [2.05, 4.69) is 18.7 Å². The normalized spacial score (nSPS) is 26.4. The number of rotatable bonds is 4. The van der Waals surface area contributed by atoms with Crippen LogP contribution < -0.4 is 4.74 Å². The Morgan fingerprint density at radius 1 is 1.11 bits per heavy atom. The molecule has 0 unspecified atom stereocenters. The summed E-state index contributed by atoms with van der Waals surface area (Å²) >= 11 is 0. The van der Waals surface area contributed by atoms with Crippen molar-refractivity contribution in [2.24, 2.45) is 5.92 Å². The molecule has 0 spiro atoms.